The normalized spacial score (nSPS) is 14.7. The first kappa shape index (κ1) is 46.5. The summed E-state index contributed by atoms with van der Waals surface area (Å²) in [4.78, 5) is 5.04. The van der Waals surface area contributed by atoms with Crippen molar-refractivity contribution < 1.29 is 4.42 Å². The molecular weight excluding hydrogens is 898 g/mol. The predicted molar refractivity (Wildman–Crippen MR) is 317 cm³/mol. The summed E-state index contributed by atoms with van der Waals surface area (Å²) in [6.45, 7) is 32.8. The second kappa shape index (κ2) is 15.4. The van der Waals surface area contributed by atoms with E-state index in [1.54, 1.807) is 0 Å². The predicted octanol–water partition coefficient (Wildman–Crippen LogP) is 17.1. The van der Waals surface area contributed by atoms with Crippen molar-refractivity contribution >= 4 is 90.1 Å². The van der Waals surface area contributed by atoms with E-state index in [0.29, 0.717) is 0 Å². The van der Waals surface area contributed by atoms with E-state index in [0.717, 1.165) is 50.4 Å². The summed E-state index contributed by atoms with van der Waals surface area (Å²) in [7, 11) is 0. The number of fused-ring (bicyclic) bond motifs is 12. The molecule has 0 saturated heterocycles. The summed E-state index contributed by atoms with van der Waals surface area (Å²) in [6, 6.07) is 60.4. The molecule has 0 spiro atoms. The van der Waals surface area contributed by atoms with Crippen LogP contribution in [0.4, 0.5) is 34.1 Å². The van der Waals surface area contributed by atoms with E-state index in [9.17, 15) is 0 Å². The lowest BCUT2D eigenvalue weighted by molar-refractivity contribution is 0.588. The van der Waals surface area contributed by atoms with Gasteiger partial charge in [0.25, 0.3) is 6.71 Å². The van der Waals surface area contributed by atoms with Gasteiger partial charge >= 0.3 is 0 Å². The summed E-state index contributed by atoms with van der Waals surface area (Å²) in [5.41, 5.74) is 25.4. The van der Waals surface area contributed by atoms with Crippen LogP contribution in [0.1, 0.15) is 130 Å². The van der Waals surface area contributed by atoms with Crippen molar-refractivity contribution in [3.63, 3.8) is 0 Å². The smallest absolute Gasteiger partial charge is 0.252 e. The molecule has 74 heavy (non-hydrogen) atoms. The van der Waals surface area contributed by atoms with Crippen molar-refractivity contribution in [3.8, 4) is 16.8 Å². The Balaban J connectivity index is 1.17. The Labute approximate surface area is 438 Å². The first-order valence-electron chi connectivity index (χ1n) is 26.9. The average molecular weight is 966 g/mol. The topological polar surface area (TPSA) is 24.6 Å². The highest BCUT2D eigenvalue weighted by atomic mass is 16.3. The van der Waals surface area contributed by atoms with Crippen LogP contribution in [0.2, 0.25) is 0 Å². The number of furan rings is 1. The molecular formula is C69H68BN3O. The minimum absolute atomic E-state index is 0.0225. The number of hydrogen-bond acceptors (Lipinski definition) is 3. The number of aromatic nitrogens is 1. The number of nitrogens with zero attached hydrogens (tertiary/aromatic N) is 3. The van der Waals surface area contributed by atoms with Crippen LogP contribution in [0.15, 0.2) is 162 Å². The van der Waals surface area contributed by atoms with E-state index in [1.165, 1.54) is 83.3 Å². The van der Waals surface area contributed by atoms with Gasteiger partial charge in [0.1, 0.15) is 5.58 Å². The van der Waals surface area contributed by atoms with E-state index >= 15 is 0 Å². The van der Waals surface area contributed by atoms with Crippen LogP contribution in [0, 0.1) is 0 Å². The van der Waals surface area contributed by atoms with E-state index in [1.807, 2.05) is 0 Å². The molecule has 8 aromatic carbocycles. The van der Waals surface area contributed by atoms with E-state index in [2.05, 4.69) is 269 Å². The maximum atomic E-state index is 7.07. The lowest BCUT2D eigenvalue weighted by Crippen LogP contribution is -2.61. The number of anilines is 6. The summed E-state index contributed by atoms with van der Waals surface area (Å²) in [5, 5.41) is 3.59. The van der Waals surface area contributed by atoms with Gasteiger partial charge in [-0.1, -0.05) is 188 Å². The van der Waals surface area contributed by atoms with Gasteiger partial charge in [-0.15, -0.1) is 0 Å². The molecule has 1 aliphatic carbocycles. The van der Waals surface area contributed by atoms with Crippen LogP contribution >= 0.6 is 0 Å². The molecule has 5 heteroatoms. The van der Waals surface area contributed by atoms with Crippen LogP contribution in [0.5, 0.6) is 0 Å². The number of rotatable bonds is 4. The fourth-order valence-corrected chi connectivity index (χ4v) is 12.9. The van der Waals surface area contributed by atoms with Gasteiger partial charge in [0.2, 0.25) is 0 Å². The van der Waals surface area contributed by atoms with Gasteiger partial charge in [0, 0.05) is 72.5 Å². The Hall–Kier alpha value is -7.24. The molecule has 0 N–H and O–H groups in total. The van der Waals surface area contributed by atoms with E-state index in [-0.39, 0.29) is 33.8 Å². The summed E-state index contributed by atoms with van der Waals surface area (Å²) < 4.78 is 9.79. The molecule has 4 nitrogen and oxygen atoms in total. The highest BCUT2D eigenvalue weighted by Crippen LogP contribution is 2.56. The van der Waals surface area contributed by atoms with E-state index in [4.69, 9.17) is 4.42 Å². The average Bonchev–Trinajstić information content (AvgIpc) is 4.15. The highest BCUT2D eigenvalue weighted by Gasteiger charge is 2.48. The molecule has 2 aromatic heterocycles. The second-order valence-corrected chi connectivity index (χ2v) is 26.3. The molecule has 3 aliphatic rings. The molecule has 13 rings (SSSR count). The van der Waals surface area contributed by atoms with E-state index < -0.39 is 0 Å². The van der Waals surface area contributed by atoms with Crippen molar-refractivity contribution in [3.05, 3.63) is 191 Å². The fourth-order valence-electron chi connectivity index (χ4n) is 12.9. The second-order valence-electron chi connectivity index (χ2n) is 26.3. The van der Waals surface area contributed by atoms with Crippen molar-refractivity contribution in [2.45, 2.75) is 124 Å². The fraction of sp³-hybridized carbons (Fsp3) is 0.275. The lowest BCUT2D eigenvalue weighted by Gasteiger charge is -2.42. The molecule has 4 heterocycles. The maximum Gasteiger partial charge on any atom is 0.252 e. The third-order valence-corrected chi connectivity index (χ3v) is 16.9. The molecule has 0 unspecified atom stereocenters. The Morgan fingerprint density at radius 2 is 1.03 bits per heavy atom. The summed E-state index contributed by atoms with van der Waals surface area (Å²) in [6.07, 6.45) is 0. The van der Waals surface area contributed by atoms with Gasteiger partial charge in [0.15, 0.2) is 5.58 Å². The third kappa shape index (κ3) is 6.73. The number of benzene rings is 8. The van der Waals surface area contributed by atoms with Gasteiger partial charge in [-0.25, -0.2) is 0 Å². The zero-order valence-corrected chi connectivity index (χ0v) is 45.8. The van der Waals surface area contributed by atoms with Gasteiger partial charge in [-0.2, -0.15) is 0 Å². The quantitative estimate of drug-likeness (QED) is 0.164. The molecule has 368 valence electrons. The molecule has 0 bridgehead atoms. The Morgan fingerprint density at radius 3 is 1.68 bits per heavy atom. The van der Waals surface area contributed by atoms with Gasteiger partial charge < -0.3 is 18.8 Å². The Morgan fingerprint density at radius 1 is 0.459 bits per heavy atom. The zero-order chi connectivity index (χ0) is 51.8. The molecule has 10 aromatic rings. The van der Waals surface area contributed by atoms with Crippen molar-refractivity contribution in [1.82, 2.24) is 4.57 Å². The first-order valence-corrected chi connectivity index (χ1v) is 26.9. The minimum Gasteiger partial charge on any atom is -0.454 e. The molecule has 0 radical (unpaired) electrons. The standard InChI is InChI=1S/C69H68BN3O/c1-65(2,3)41-26-30-45(31-27-41)71(46-32-28-42(29-33-46)66(4,5)6)47-34-35-53-56(40-47)72(55-24-19-22-49-48-20-16-18-25-59(48)74-63(49)55)57-38-44(68(10,11)12)39-58-61(57)70(53)54-37-43(67(7,8)9)36-51-60-50-21-15-17-23-52(50)69(13,14)64(60)73(58)62(51)54/h15-40H,1-14H3. The van der Waals surface area contributed by atoms with Crippen LogP contribution < -0.4 is 26.2 Å². The molecule has 0 atom stereocenters. The van der Waals surface area contributed by atoms with Crippen molar-refractivity contribution in [1.29, 1.82) is 0 Å². The Kier molecular flexibility index (Phi) is 9.70. The zero-order valence-electron chi connectivity index (χ0n) is 45.8. The van der Waals surface area contributed by atoms with Crippen LogP contribution in [-0.4, -0.2) is 11.3 Å². The molecule has 0 fully saturated rings. The molecule has 0 saturated carbocycles. The van der Waals surface area contributed by atoms with Crippen LogP contribution in [0.3, 0.4) is 0 Å². The first-order chi connectivity index (χ1) is 35.0. The Bertz CT molecular complexity index is 3910. The maximum absolute atomic E-state index is 7.07. The summed E-state index contributed by atoms with van der Waals surface area (Å²) in [5.74, 6) is 0. The minimum atomic E-state index is -0.248. The summed E-state index contributed by atoms with van der Waals surface area (Å²) >= 11 is 0. The van der Waals surface area contributed by atoms with Crippen molar-refractivity contribution in [2.24, 2.45) is 0 Å². The lowest BCUT2D eigenvalue weighted by atomic mass is 9.33. The SMILES string of the molecule is CC(C)(C)c1ccc(N(c2ccc(C(C)(C)C)cc2)c2ccc3c(c2)N(c2cccc4c2oc2ccccc24)c2cc(C(C)(C)C)cc4c2B3c2cc(C(C)(C)C)cc3c5c(n-4c23)C(C)(C)c2ccccc2-5)cc1. The molecule has 0 amide bonds. The van der Waals surface area contributed by atoms with Crippen LogP contribution in [-0.2, 0) is 27.1 Å². The van der Waals surface area contributed by atoms with Crippen molar-refractivity contribution in [2.75, 3.05) is 9.80 Å². The number of hydrogen-bond donors (Lipinski definition) is 0. The van der Waals surface area contributed by atoms with Gasteiger partial charge in [-0.05, 0) is 138 Å². The largest absolute Gasteiger partial charge is 0.454 e. The monoisotopic (exact) mass is 966 g/mol. The molecule has 2 aliphatic heterocycles. The van der Waals surface area contributed by atoms with Crippen LogP contribution in [0.25, 0.3) is 49.7 Å². The van der Waals surface area contributed by atoms with Gasteiger partial charge in [-0.3, -0.25) is 0 Å². The third-order valence-electron chi connectivity index (χ3n) is 16.9. The number of para-hydroxylation sites is 2. The van der Waals surface area contributed by atoms with Gasteiger partial charge in [0.05, 0.1) is 5.69 Å². The highest BCUT2D eigenvalue weighted by molar-refractivity contribution is 7.00.